The van der Waals surface area contributed by atoms with Crippen LogP contribution in [-0.2, 0) is 11.2 Å². The van der Waals surface area contributed by atoms with E-state index in [1.165, 1.54) is 19.2 Å². The maximum Gasteiger partial charge on any atom is 0.340 e. The number of benzene rings is 2. The van der Waals surface area contributed by atoms with Crippen LogP contribution in [-0.4, -0.2) is 19.6 Å². The fraction of sp³-hybridized carbons (Fsp3) is 0.188. The number of fused-ring (bicyclic) bond motifs is 1. The molecule has 0 bridgehead atoms. The van der Waals surface area contributed by atoms with Crippen molar-refractivity contribution in [2.45, 2.75) is 6.42 Å². The van der Waals surface area contributed by atoms with Crippen LogP contribution in [0.25, 0.3) is 0 Å². The highest BCUT2D eigenvalue weighted by atomic mass is 19.1. The molecule has 0 aliphatic carbocycles. The number of anilines is 3. The highest BCUT2D eigenvalue weighted by Gasteiger charge is 2.22. The number of nitrogens with zero attached hydrogens (tertiary/aromatic N) is 1. The highest BCUT2D eigenvalue weighted by Crippen LogP contribution is 2.36. The predicted molar refractivity (Wildman–Crippen MR) is 79.3 cm³/mol. The van der Waals surface area contributed by atoms with Crippen LogP contribution in [0.2, 0.25) is 0 Å². The Morgan fingerprint density at radius 2 is 2.10 bits per heavy atom. The lowest BCUT2D eigenvalue weighted by molar-refractivity contribution is 0.0602. The van der Waals surface area contributed by atoms with Gasteiger partial charge >= 0.3 is 5.97 Å². The van der Waals surface area contributed by atoms with E-state index in [4.69, 9.17) is 10.5 Å². The first kappa shape index (κ1) is 13.4. The zero-order valence-electron chi connectivity index (χ0n) is 11.6. The molecule has 0 saturated heterocycles. The van der Waals surface area contributed by atoms with Gasteiger partial charge in [-0.15, -0.1) is 0 Å². The van der Waals surface area contributed by atoms with E-state index >= 15 is 0 Å². The first-order chi connectivity index (χ1) is 10.1. The van der Waals surface area contributed by atoms with Crippen LogP contribution in [0.1, 0.15) is 15.9 Å². The van der Waals surface area contributed by atoms with Crippen molar-refractivity contribution in [2.24, 2.45) is 0 Å². The summed E-state index contributed by atoms with van der Waals surface area (Å²) in [6, 6.07) is 9.94. The lowest BCUT2D eigenvalue weighted by Crippen LogP contribution is -2.15. The van der Waals surface area contributed by atoms with Gasteiger partial charge in [0, 0.05) is 23.6 Å². The van der Waals surface area contributed by atoms with Crippen LogP contribution < -0.4 is 10.6 Å². The molecule has 0 saturated carbocycles. The van der Waals surface area contributed by atoms with Crippen molar-refractivity contribution >= 4 is 23.0 Å². The van der Waals surface area contributed by atoms with Crippen molar-refractivity contribution < 1.29 is 13.9 Å². The molecule has 1 aliphatic heterocycles. The summed E-state index contributed by atoms with van der Waals surface area (Å²) >= 11 is 0. The molecular formula is C16H15FN2O2. The maximum absolute atomic E-state index is 13.5. The third kappa shape index (κ3) is 2.31. The molecule has 5 heteroatoms. The molecule has 0 atom stereocenters. The summed E-state index contributed by atoms with van der Waals surface area (Å²) in [6.07, 6.45) is 0.841. The van der Waals surface area contributed by atoms with E-state index in [-0.39, 0.29) is 5.82 Å². The average Bonchev–Trinajstić information content (AvgIpc) is 2.90. The number of methoxy groups -OCH3 is 1. The normalized spacial score (nSPS) is 13.1. The molecule has 1 heterocycles. The quantitative estimate of drug-likeness (QED) is 0.681. The zero-order chi connectivity index (χ0) is 15.0. The Morgan fingerprint density at radius 3 is 2.86 bits per heavy atom. The second kappa shape index (κ2) is 5.09. The summed E-state index contributed by atoms with van der Waals surface area (Å²) < 4.78 is 18.2. The van der Waals surface area contributed by atoms with Crippen LogP contribution in [0, 0.1) is 5.82 Å². The van der Waals surface area contributed by atoms with Crippen molar-refractivity contribution in [3.8, 4) is 0 Å². The minimum absolute atomic E-state index is 0.274. The van der Waals surface area contributed by atoms with Crippen molar-refractivity contribution in [1.82, 2.24) is 0 Å². The smallest absolute Gasteiger partial charge is 0.340 e. The molecule has 1 aliphatic rings. The van der Waals surface area contributed by atoms with Crippen molar-refractivity contribution in [2.75, 3.05) is 24.3 Å². The number of hydrogen-bond donors (Lipinski definition) is 1. The summed E-state index contributed by atoms with van der Waals surface area (Å²) in [7, 11) is 1.31. The van der Waals surface area contributed by atoms with Crippen LogP contribution in [0.3, 0.4) is 0 Å². The Balaban J connectivity index is 2.04. The van der Waals surface area contributed by atoms with E-state index in [0.717, 1.165) is 29.9 Å². The Hall–Kier alpha value is -2.56. The van der Waals surface area contributed by atoms with Gasteiger partial charge in [-0.2, -0.15) is 0 Å². The number of rotatable bonds is 2. The Kier molecular flexibility index (Phi) is 3.25. The van der Waals surface area contributed by atoms with Crippen molar-refractivity contribution in [3.05, 3.63) is 53.3 Å². The molecule has 21 heavy (non-hydrogen) atoms. The van der Waals surface area contributed by atoms with Gasteiger partial charge in [0.25, 0.3) is 0 Å². The number of halogens is 1. The number of hydrogen-bond acceptors (Lipinski definition) is 4. The minimum atomic E-state index is -0.479. The third-order valence-electron chi connectivity index (χ3n) is 3.70. The molecule has 4 nitrogen and oxygen atoms in total. The molecule has 2 aromatic carbocycles. The second-order valence-corrected chi connectivity index (χ2v) is 4.94. The minimum Gasteiger partial charge on any atom is -0.465 e. The van der Waals surface area contributed by atoms with Crippen molar-refractivity contribution in [3.63, 3.8) is 0 Å². The summed E-state index contributed by atoms with van der Waals surface area (Å²) in [6.45, 7) is 0.739. The van der Waals surface area contributed by atoms with Gasteiger partial charge in [-0.3, -0.25) is 0 Å². The molecule has 0 aromatic heterocycles. The standard InChI is InChI=1S/C16H15FN2O2/c1-21-16(20)13-9-12(4-5-14(13)18)19-7-6-10-2-3-11(17)8-15(10)19/h2-5,8-9H,6-7,18H2,1H3. The molecule has 108 valence electrons. The molecule has 0 fully saturated rings. The largest absolute Gasteiger partial charge is 0.465 e. The molecule has 0 unspecified atom stereocenters. The molecule has 2 aromatic rings. The number of carbonyl (C=O) groups is 1. The summed E-state index contributed by atoms with van der Waals surface area (Å²) in [5.74, 6) is -0.753. The highest BCUT2D eigenvalue weighted by molar-refractivity contribution is 5.96. The van der Waals surface area contributed by atoms with Gasteiger partial charge < -0.3 is 15.4 Å². The lowest BCUT2D eigenvalue weighted by Gasteiger charge is -2.20. The lowest BCUT2D eigenvalue weighted by atomic mass is 10.1. The van der Waals surface area contributed by atoms with E-state index in [2.05, 4.69) is 0 Å². The van der Waals surface area contributed by atoms with Gasteiger partial charge in [-0.1, -0.05) is 6.07 Å². The van der Waals surface area contributed by atoms with Gasteiger partial charge in [-0.25, -0.2) is 9.18 Å². The Labute approximate surface area is 121 Å². The van der Waals surface area contributed by atoms with E-state index in [0.29, 0.717) is 11.3 Å². The van der Waals surface area contributed by atoms with Gasteiger partial charge in [-0.05, 0) is 42.3 Å². The molecule has 0 spiro atoms. The fourth-order valence-corrected chi connectivity index (χ4v) is 2.62. The fourth-order valence-electron chi connectivity index (χ4n) is 2.62. The third-order valence-corrected chi connectivity index (χ3v) is 3.70. The Morgan fingerprint density at radius 1 is 1.29 bits per heavy atom. The van der Waals surface area contributed by atoms with Gasteiger partial charge in [0.1, 0.15) is 5.82 Å². The van der Waals surface area contributed by atoms with Gasteiger partial charge in [0.05, 0.1) is 12.7 Å². The monoisotopic (exact) mass is 286 g/mol. The molecule has 0 amide bonds. The topological polar surface area (TPSA) is 55.6 Å². The summed E-state index contributed by atoms with van der Waals surface area (Å²) in [4.78, 5) is 13.7. The molecular weight excluding hydrogens is 271 g/mol. The van der Waals surface area contributed by atoms with Crippen LogP contribution in [0.4, 0.5) is 21.5 Å². The van der Waals surface area contributed by atoms with Crippen LogP contribution >= 0.6 is 0 Å². The summed E-state index contributed by atoms with van der Waals surface area (Å²) in [5.41, 5.74) is 9.21. The predicted octanol–water partition coefficient (Wildman–Crippen LogP) is 2.89. The van der Waals surface area contributed by atoms with E-state index in [1.807, 2.05) is 11.0 Å². The Bertz CT molecular complexity index is 715. The second-order valence-electron chi connectivity index (χ2n) is 4.94. The van der Waals surface area contributed by atoms with Gasteiger partial charge in [0.15, 0.2) is 0 Å². The maximum atomic E-state index is 13.5. The molecule has 3 rings (SSSR count). The van der Waals surface area contributed by atoms with E-state index in [9.17, 15) is 9.18 Å². The van der Waals surface area contributed by atoms with Crippen LogP contribution in [0.5, 0.6) is 0 Å². The number of nitrogen functional groups attached to an aromatic ring is 1. The molecule has 0 radical (unpaired) electrons. The number of ether oxygens (including phenoxy) is 1. The first-order valence-electron chi connectivity index (χ1n) is 6.64. The number of carbonyl (C=O) groups excluding carboxylic acids is 1. The van der Waals surface area contributed by atoms with Gasteiger partial charge in [0.2, 0.25) is 0 Å². The van der Waals surface area contributed by atoms with E-state index in [1.54, 1.807) is 18.2 Å². The van der Waals surface area contributed by atoms with Crippen molar-refractivity contribution in [1.29, 1.82) is 0 Å². The molecule has 2 N–H and O–H groups in total. The number of esters is 1. The van der Waals surface area contributed by atoms with E-state index < -0.39 is 5.97 Å². The van der Waals surface area contributed by atoms with Crippen LogP contribution in [0.15, 0.2) is 36.4 Å². The average molecular weight is 286 g/mol. The SMILES string of the molecule is COC(=O)c1cc(N2CCc3ccc(F)cc32)ccc1N. The first-order valence-corrected chi connectivity index (χ1v) is 6.64. The zero-order valence-corrected chi connectivity index (χ0v) is 11.6. The number of nitrogens with two attached hydrogens (primary N) is 1. The summed E-state index contributed by atoms with van der Waals surface area (Å²) in [5, 5.41) is 0.